The number of nitrogens with one attached hydrogen (secondary N) is 1. The second-order valence-corrected chi connectivity index (χ2v) is 5.43. The molecule has 1 heterocycles. The van der Waals surface area contributed by atoms with Crippen LogP contribution < -0.4 is 11.1 Å². The second-order valence-electron chi connectivity index (χ2n) is 5.43. The molecule has 1 aromatic heterocycles. The van der Waals surface area contributed by atoms with Crippen LogP contribution in [0.15, 0.2) is 42.6 Å². The zero-order chi connectivity index (χ0) is 13.8. The third kappa shape index (κ3) is 2.83. The quantitative estimate of drug-likeness (QED) is 0.890. The van der Waals surface area contributed by atoms with Gasteiger partial charge < -0.3 is 11.1 Å². The van der Waals surface area contributed by atoms with Crippen molar-refractivity contribution in [3.8, 4) is 11.1 Å². The van der Waals surface area contributed by atoms with Gasteiger partial charge in [-0.3, -0.25) is 0 Å². The average Bonchev–Trinajstić information content (AvgIpc) is 3.01. The van der Waals surface area contributed by atoms with Gasteiger partial charge in [0.25, 0.3) is 0 Å². The van der Waals surface area contributed by atoms with Gasteiger partial charge in [-0.1, -0.05) is 43.2 Å². The molecule has 3 rings (SSSR count). The Morgan fingerprint density at radius 3 is 2.55 bits per heavy atom. The molecule has 0 spiro atoms. The fraction of sp³-hybridized carbons (Fsp3) is 0.353. The van der Waals surface area contributed by atoms with Crippen LogP contribution >= 0.6 is 0 Å². The van der Waals surface area contributed by atoms with E-state index in [1.807, 2.05) is 24.4 Å². The van der Waals surface area contributed by atoms with Crippen LogP contribution in [0.3, 0.4) is 0 Å². The molecule has 3 heteroatoms. The maximum atomic E-state index is 5.89. The standard InChI is InChI=1S/C17H21N3/c18-11-14-10-15(13-6-2-1-3-7-13)12-19-17(14)20-16-8-4-5-9-16/h1-3,6-7,10,12,16H,4-5,8-9,11,18H2,(H,19,20). The van der Waals surface area contributed by atoms with Crippen molar-refractivity contribution in [3.05, 3.63) is 48.2 Å². The lowest BCUT2D eigenvalue weighted by atomic mass is 10.1. The minimum Gasteiger partial charge on any atom is -0.367 e. The number of hydrogen-bond donors (Lipinski definition) is 2. The number of pyridine rings is 1. The summed E-state index contributed by atoms with van der Waals surface area (Å²) in [7, 11) is 0. The predicted molar refractivity (Wildman–Crippen MR) is 83.4 cm³/mol. The van der Waals surface area contributed by atoms with Gasteiger partial charge in [-0.15, -0.1) is 0 Å². The summed E-state index contributed by atoms with van der Waals surface area (Å²) in [5.41, 5.74) is 9.30. The van der Waals surface area contributed by atoms with Gasteiger partial charge in [-0.2, -0.15) is 0 Å². The Hall–Kier alpha value is -1.87. The largest absolute Gasteiger partial charge is 0.367 e. The van der Waals surface area contributed by atoms with Gasteiger partial charge in [0, 0.05) is 29.9 Å². The molecule has 20 heavy (non-hydrogen) atoms. The van der Waals surface area contributed by atoms with Crippen molar-refractivity contribution >= 4 is 5.82 Å². The van der Waals surface area contributed by atoms with Gasteiger partial charge in [0.1, 0.15) is 5.82 Å². The van der Waals surface area contributed by atoms with Crippen LogP contribution in [0, 0.1) is 0 Å². The van der Waals surface area contributed by atoms with Crippen molar-refractivity contribution < 1.29 is 0 Å². The summed E-state index contributed by atoms with van der Waals surface area (Å²) in [6.07, 6.45) is 7.06. The summed E-state index contributed by atoms with van der Waals surface area (Å²) in [4.78, 5) is 4.60. The first-order chi connectivity index (χ1) is 9.86. The summed E-state index contributed by atoms with van der Waals surface area (Å²) >= 11 is 0. The van der Waals surface area contributed by atoms with E-state index in [-0.39, 0.29) is 0 Å². The minimum absolute atomic E-state index is 0.517. The molecule has 1 fully saturated rings. The van der Waals surface area contributed by atoms with Crippen molar-refractivity contribution in [2.75, 3.05) is 5.32 Å². The van der Waals surface area contributed by atoms with E-state index in [1.165, 1.54) is 31.2 Å². The molecule has 104 valence electrons. The Labute approximate surface area is 120 Å². The van der Waals surface area contributed by atoms with Gasteiger partial charge in [0.2, 0.25) is 0 Å². The molecule has 0 aliphatic heterocycles. The molecular formula is C17H21N3. The molecule has 0 bridgehead atoms. The Balaban J connectivity index is 1.85. The van der Waals surface area contributed by atoms with Gasteiger partial charge in [-0.05, 0) is 24.5 Å². The third-order valence-electron chi connectivity index (χ3n) is 3.99. The fourth-order valence-electron chi connectivity index (χ4n) is 2.85. The number of hydrogen-bond acceptors (Lipinski definition) is 3. The van der Waals surface area contributed by atoms with E-state index >= 15 is 0 Å². The van der Waals surface area contributed by atoms with Crippen LogP contribution in [-0.2, 0) is 6.54 Å². The van der Waals surface area contributed by atoms with Crippen LogP contribution in [0.4, 0.5) is 5.82 Å². The molecule has 1 saturated carbocycles. The van der Waals surface area contributed by atoms with Crippen molar-refractivity contribution in [2.45, 2.75) is 38.3 Å². The number of nitrogens with two attached hydrogens (primary N) is 1. The van der Waals surface area contributed by atoms with E-state index in [9.17, 15) is 0 Å². The van der Waals surface area contributed by atoms with Gasteiger partial charge in [-0.25, -0.2) is 4.98 Å². The molecular weight excluding hydrogens is 246 g/mol. The maximum Gasteiger partial charge on any atom is 0.130 e. The van der Waals surface area contributed by atoms with Gasteiger partial charge >= 0.3 is 0 Å². The predicted octanol–water partition coefficient (Wildman–Crippen LogP) is 3.56. The van der Waals surface area contributed by atoms with Crippen LogP contribution in [0.2, 0.25) is 0 Å². The monoisotopic (exact) mass is 267 g/mol. The summed E-state index contributed by atoms with van der Waals surface area (Å²) in [5, 5.41) is 3.55. The Morgan fingerprint density at radius 2 is 1.85 bits per heavy atom. The maximum absolute atomic E-state index is 5.89. The molecule has 0 unspecified atom stereocenters. The van der Waals surface area contributed by atoms with E-state index in [4.69, 9.17) is 5.73 Å². The number of benzene rings is 1. The lowest BCUT2D eigenvalue weighted by Crippen LogP contribution is -2.17. The molecule has 1 aromatic carbocycles. The second kappa shape index (κ2) is 6.06. The molecule has 1 aliphatic carbocycles. The molecule has 0 radical (unpaired) electrons. The fourth-order valence-corrected chi connectivity index (χ4v) is 2.85. The van der Waals surface area contributed by atoms with E-state index in [1.54, 1.807) is 0 Å². The van der Waals surface area contributed by atoms with Crippen LogP contribution in [0.25, 0.3) is 11.1 Å². The summed E-state index contributed by atoms with van der Waals surface area (Å²) in [5.74, 6) is 0.957. The van der Waals surface area contributed by atoms with Crippen LogP contribution in [-0.4, -0.2) is 11.0 Å². The highest BCUT2D eigenvalue weighted by Crippen LogP contribution is 2.26. The molecule has 3 N–H and O–H groups in total. The lowest BCUT2D eigenvalue weighted by Gasteiger charge is -2.16. The van der Waals surface area contributed by atoms with E-state index in [0.29, 0.717) is 12.6 Å². The van der Waals surface area contributed by atoms with E-state index < -0.39 is 0 Å². The van der Waals surface area contributed by atoms with Crippen molar-refractivity contribution in [1.29, 1.82) is 0 Å². The van der Waals surface area contributed by atoms with E-state index in [0.717, 1.165) is 16.9 Å². The number of rotatable bonds is 4. The highest BCUT2D eigenvalue weighted by Gasteiger charge is 2.16. The number of anilines is 1. The van der Waals surface area contributed by atoms with Gasteiger partial charge in [0.15, 0.2) is 0 Å². The molecule has 0 amide bonds. The van der Waals surface area contributed by atoms with Crippen molar-refractivity contribution in [2.24, 2.45) is 5.73 Å². The first-order valence-electron chi connectivity index (χ1n) is 7.38. The Morgan fingerprint density at radius 1 is 1.10 bits per heavy atom. The summed E-state index contributed by atoms with van der Waals surface area (Å²) in [6.45, 7) is 0.517. The first-order valence-corrected chi connectivity index (χ1v) is 7.38. The highest BCUT2D eigenvalue weighted by atomic mass is 15.0. The van der Waals surface area contributed by atoms with Gasteiger partial charge in [0.05, 0.1) is 0 Å². The Bertz CT molecular complexity index is 560. The summed E-state index contributed by atoms with van der Waals surface area (Å²) in [6, 6.07) is 13.0. The minimum atomic E-state index is 0.517. The average molecular weight is 267 g/mol. The topological polar surface area (TPSA) is 50.9 Å². The molecule has 2 aromatic rings. The first kappa shape index (κ1) is 13.1. The van der Waals surface area contributed by atoms with Crippen LogP contribution in [0.5, 0.6) is 0 Å². The Kier molecular flexibility index (Phi) is 3.97. The van der Waals surface area contributed by atoms with Crippen LogP contribution in [0.1, 0.15) is 31.2 Å². The molecule has 0 atom stereocenters. The number of nitrogens with zero attached hydrogens (tertiary/aromatic N) is 1. The molecule has 1 aliphatic rings. The smallest absolute Gasteiger partial charge is 0.130 e. The third-order valence-corrected chi connectivity index (χ3v) is 3.99. The highest BCUT2D eigenvalue weighted by molar-refractivity contribution is 5.65. The van der Waals surface area contributed by atoms with Crippen molar-refractivity contribution in [3.63, 3.8) is 0 Å². The number of aromatic nitrogens is 1. The lowest BCUT2D eigenvalue weighted by molar-refractivity contribution is 0.747. The molecule has 3 nitrogen and oxygen atoms in total. The zero-order valence-corrected chi connectivity index (χ0v) is 11.7. The SMILES string of the molecule is NCc1cc(-c2ccccc2)cnc1NC1CCCC1. The normalized spacial score (nSPS) is 15.4. The molecule has 0 saturated heterocycles. The zero-order valence-electron chi connectivity index (χ0n) is 11.7. The van der Waals surface area contributed by atoms with E-state index in [2.05, 4.69) is 28.5 Å². The van der Waals surface area contributed by atoms with Crippen molar-refractivity contribution in [1.82, 2.24) is 4.98 Å². The summed E-state index contributed by atoms with van der Waals surface area (Å²) < 4.78 is 0.